The van der Waals surface area contributed by atoms with Crippen LogP contribution in [0.5, 0.6) is 5.75 Å². The third kappa shape index (κ3) is 5.06. The van der Waals surface area contributed by atoms with Gasteiger partial charge in [0.1, 0.15) is 11.4 Å². The topological polar surface area (TPSA) is 97.6 Å². The van der Waals surface area contributed by atoms with Gasteiger partial charge in [0.15, 0.2) is 5.69 Å². The zero-order valence-corrected chi connectivity index (χ0v) is 15.6. The van der Waals surface area contributed by atoms with E-state index in [1.54, 1.807) is 11.8 Å². The molecule has 0 bridgehead atoms. The van der Waals surface area contributed by atoms with Crippen LogP contribution in [-0.4, -0.2) is 53.3 Å². The number of aromatic nitrogens is 2. The number of benzene rings is 1. The zero-order valence-electron chi connectivity index (χ0n) is 15.6. The third-order valence-corrected chi connectivity index (χ3v) is 4.65. The van der Waals surface area contributed by atoms with Crippen LogP contribution < -0.4 is 10.1 Å². The van der Waals surface area contributed by atoms with Gasteiger partial charge < -0.3 is 15.0 Å². The Morgan fingerprint density at radius 2 is 2.04 bits per heavy atom. The Morgan fingerprint density at radius 1 is 1.26 bits per heavy atom. The summed E-state index contributed by atoms with van der Waals surface area (Å²) in [6.45, 7) is 5.48. The molecule has 1 saturated heterocycles. The summed E-state index contributed by atoms with van der Waals surface area (Å²) >= 11 is 0. The summed E-state index contributed by atoms with van der Waals surface area (Å²) in [5, 5.41) is 9.67. The molecule has 144 valence electrons. The van der Waals surface area contributed by atoms with Crippen LogP contribution in [0.2, 0.25) is 0 Å². The number of rotatable bonds is 6. The average Bonchev–Trinajstić information content (AvgIpc) is 3.11. The lowest BCUT2D eigenvalue weighted by Gasteiger charge is -2.32. The molecule has 0 saturated carbocycles. The van der Waals surface area contributed by atoms with E-state index in [0.29, 0.717) is 25.4 Å². The van der Waals surface area contributed by atoms with Crippen molar-refractivity contribution >= 4 is 11.8 Å². The molecule has 8 heteroatoms. The Labute approximate surface area is 157 Å². The first-order valence-corrected chi connectivity index (χ1v) is 9.07. The molecule has 1 aromatic carbocycles. The highest BCUT2D eigenvalue weighted by molar-refractivity contribution is 5.95. The number of ether oxygens (including phenoxy) is 1. The van der Waals surface area contributed by atoms with Gasteiger partial charge in [0, 0.05) is 19.0 Å². The number of likely N-dealkylation sites (tertiary alicyclic amines) is 1. The van der Waals surface area contributed by atoms with E-state index in [2.05, 4.69) is 20.3 Å². The Kier molecular flexibility index (Phi) is 6.05. The van der Waals surface area contributed by atoms with Gasteiger partial charge in [-0.2, -0.15) is 0 Å². The van der Waals surface area contributed by atoms with Gasteiger partial charge in [0.2, 0.25) is 5.91 Å². The summed E-state index contributed by atoms with van der Waals surface area (Å²) in [6, 6.07) is 7.94. The predicted octanol–water partition coefficient (Wildman–Crippen LogP) is 1.73. The first-order valence-electron chi connectivity index (χ1n) is 9.07. The quantitative estimate of drug-likeness (QED) is 0.829. The van der Waals surface area contributed by atoms with Gasteiger partial charge in [-0.15, -0.1) is 0 Å². The van der Waals surface area contributed by atoms with Crippen molar-refractivity contribution in [1.29, 1.82) is 0 Å². The zero-order chi connectivity index (χ0) is 19.2. The van der Waals surface area contributed by atoms with Gasteiger partial charge in [-0.3, -0.25) is 9.59 Å². The van der Waals surface area contributed by atoms with Crippen molar-refractivity contribution in [2.24, 2.45) is 5.92 Å². The second-order valence-electron chi connectivity index (χ2n) is 6.85. The molecule has 3 rings (SSSR count). The molecule has 0 aliphatic carbocycles. The lowest BCUT2D eigenvalue weighted by Crippen LogP contribution is -2.46. The molecule has 1 aliphatic heterocycles. The predicted molar refractivity (Wildman–Crippen MR) is 97.3 cm³/mol. The molecular formula is C19H24N4O4. The van der Waals surface area contributed by atoms with Crippen LogP contribution in [0.1, 0.15) is 34.6 Å². The molecule has 8 nitrogen and oxygen atoms in total. The molecule has 2 heterocycles. The number of hydrogen-bond acceptors (Lipinski definition) is 6. The molecule has 1 atom stereocenters. The molecule has 2 aromatic rings. The van der Waals surface area contributed by atoms with Gasteiger partial charge in [-0.1, -0.05) is 22.9 Å². The minimum absolute atomic E-state index is 0.0727. The van der Waals surface area contributed by atoms with E-state index in [0.717, 1.165) is 18.6 Å². The number of carbonyl (C=O) groups is 2. The van der Waals surface area contributed by atoms with Crippen LogP contribution in [0.15, 0.2) is 28.9 Å². The van der Waals surface area contributed by atoms with Crippen molar-refractivity contribution < 1.29 is 19.0 Å². The lowest BCUT2D eigenvalue weighted by molar-refractivity contribution is -0.132. The van der Waals surface area contributed by atoms with Crippen LogP contribution in [0, 0.1) is 19.8 Å². The number of hydrogen-bond donors (Lipinski definition) is 1. The number of aryl methyl sites for hydroxylation is 2. The summed E-state index contributed by atoms with van der Waals surface area (Å²) in [7, 11) is 0. The highest BCUT2D eigenvalue weighted by atomic mass is 16.6. The highest BCUT2D eigenvalue weighted by Gasteiger charge is 2.25. The Balaban J connectivity index is 1.45. The summed E-state index contributed by atoms with van der Waals surface area (Å²) in [6.07, 6.45) is 1.94. The Morgan fingerprint density at radius 3 is 2.74 bits per heavy atom. The summed E-state index contributed by atoms with van der Waals surface area (Å²) in [5.41, 5.74) is 1.69. The molecule has 1 aromatic heterocycles. The minimum atomic E-state index is -0.460. The van der Waals surface area contributed by atoms with Crippen LogP contribution in [0.3, 0.4) is 0 Å². The average molecular weight is 372 g/mol. The van der Waals surface area contributed by atoms with Crippen molar-refractivity contribution in [3.8, 4) is 5.75 Å². The lowest BCUT2D eigenvalue weighted by atomic mass is 9.99. The molecule has 0 radical (unpaired) electrons. The smallest absolute Gasteiger partial charge is 0.275 e. The van der Waals surface area contributed by atoms with E-state index in [1.807, 2.05) is 31.2 Å². The van der Waals surface area contributed by atoms with Gasteiger partial charge in [-0.05, 0) is 44.0 Å². The second-order valence-corrected chi connectivity index (χ2v) is 6.85. The van der Waals surface area contributed by atoms with E-state index in [-0.39, 0.29) is 24.1 Å². The van der Waals surface area contributed by atoms with Crippen molar-refractivity contribution in [3.05, 3.63) is 41.2 Å². The van der Waals surface area contributed by atoms with Crippen LogP contribution >= 0.6 is 0 Å². The van der Waals surface area contributed by atoms with Crippen LogP contribution in [0.4, 0.5) is 0 Å². The molecular weight excluding hydrogens is 348 g/mol. The van der Waals surface area contributed by atoms with Gasteiger partial charge in [-0.25, -0.2) is 4.63 Å². The minimum Gasteiger partial charge on any atom is -0.493 e. The van der Waals surface area contributed by atoms with Gasteiger partial charge in [0.05, 0.1) is 13.2 Å². The SMILES string of the molecule is Cc1ccc(OCC2CCCN(C(=O)CNC(=O)c3nonc3C)C2)cc1. The molecule has 1 aliphatic rings. The summed E-state index contributed by atoms with van der Waals surface area (Å²) in [5.74, 6) is 0.547. The van der Waals surface area contributed by atoms with Gasteiger partial charge in [0.25, 0.3) is 5.91 Å². The first-order chi connectivity index (χ1) is 13.0. The highest BCUT2D eigenvalue weighted by Crippen LogP contribution is 2.19. The molecule has 27 heavy (non-hydrogen) atoms. The largest absolute Gasteiger partial charge is 0.493 e. The Bertz CT molecular complexity index is 787. The van der Waals surface area contributed by atoms with E-state index < -0.39 is 5.91 Å². The fourth-order valence-corrected chi connectivity index (χ4v) is 3.07. The van der Waals surface area contributed by atoms with Gasteiger partial charge >= 0.3 is 0 Å². The van der Waals surface area contributed by atoms with E-state index in [4.69, 9.17) is 4.74 Å². The fraction of sp³-hybridized carbons (Fsp3) is 0.474. The molecule has 1 unspecified atom stereocenters. The molecule has 1 fully saturated rings. The number of carbonyl (C=O) groups excluding carboxylic acids is 2. The maximum atomic E-state index is 12.4. The van der Waals surface area contributed by atoms with Crippen molar-refractivity contribution in [2.75, 3.05) is 26.2 Å². The fourth-order valence-electron chi connectivity index (χ4n) is 3.07. The second kappa shape index (κ2) is 8.66. The maximum Gasteiger partial charge on any atom is 0.275 e. The maximum absolute atomic E-state index is 12.4. The number of nitrogens with zero attached hydrogens (tertiary/aromatic N) is 3. The first kappa shape index (κ1) is 18.9. The van der Waals surface area contributed by atoms with Crippen LogP contribution in [-0.2, 0) is 4.79 Å². The standard InChI is InChI=1S/C19H24N4O4/c1-13-5-7-16(8-6-13)26-12-15-4-3-9-23(11-15)17(24)10-20-19(25)18-14(2)21-27-22-18/h5-8,15H,3-4,9-12H2,1-2H3,(H,20,25). The van der Waals surface area contributed by atoms with Crippen molar-refractivity contribution in [3.63, 3.8) is 0 Å². The monoisotopic (exact) mass is 372 g/mol. The Hall–Kier alpha value is -2.90. The summed E-state index contributed by atoms with van der Waals surface area (Å²) in [4.78, 5) is 26.2. The molecule has 0 spiro atoms. The van der Waals surface area contributed by atoms with Crippen molar-refractivity contribution in [2.45, 2.75) is 26.7 Å². The number of amides is 2. The normalized spacial score (nSPS) is 16.8. The number of piperidine rings is 1. The van der Waals surface area contributed by atoms with E-state index in [9.17, 15) is 9.59 Å². The molecule has 2 amide bonds. The van der Waals surface area contributed by atoms with Crippen molar-refractivity contribution in [1.82, 2.24) is 20.5 Å². The van der Waals surface area contributed by atoms with E-state index >= 15 is 0 Å². The summed E-state index contributed by atoms with van der Waals surface area (Å²) < 4.78 is 10.4. The van der Waals surface area contributed by atoms with E-state index in [1.165, 1.54) is 5.56 Å². The number of nitrogens with one attached hydrogen (secondary N) is 1. The third-order valence-electron chi connectivity index (χ3n) is 4.65. The van der Waals surface area contributed by atoms with Crippen LogP contribution in [0.25, 0.3) is 0 Å². The molecule has 1 N–H and O–H groups in total.